The quantitative estimate of drug-likeness (QED) is 0.0494. The van der Waals surface area contributed by atoms with E-state index in [4.69, 9.17) is 20.8 Å². The van der Waals surface area contributed by atoms with Crippen LogP contribution in [-0.2, 0) is 33.3 Å². The molecular weight excluding hydrogens is 705 g/mol. The number of aliphatic hydroxyl groups excluding tert-OH is 1. The van der Waals surface area contributed by atoms with E-state index in [2.05, 4.69) is 54.3 Å². The Labute approximate surface area is 329 Å². The normalized spacial score (nSPS) is 25.6. The molecule has 55 heavy (non-hydrogen) atoms. The molecular formula is C39H72BN7O8. The number of nitrogens with two attached hydrogens (primary N) is 2. The van der Waals surface area contributed by atoms with Crippen molar-refractivity contribution in [3.8, 4) is 0 Å². The van der Waals surface area contributed by atoms with Crippen LogP contribution in [0.2, 0.25) is 0 Å². The number of rotatable bonds is 25. The summed E-state index contributed by atoms with van der Waals surface area (Å²) >= 11 is 0. The zero-order chi connectivity index (χ0) is 40.9. The number of carbonyl (C=O) groups is 5. The predicted octanol–water partition coefficient (Wildman–Crippen LogP) is 1.72. The summed E-state index contributed by atoms with van der Waals surface area (Å²) in [6.07, 6.45) is 9.94. The van der Waals surface area contributed by atoms with Gasteiger partial charge in [-0.1, -0.05) is 59.3 Å². The van der Waals surface area contributed by atoms with Crippen molar-refractivity contribution in [1.29, 1.82) is 0 Å². The molecule has 1 heterocycles. The van der Waals surface area contributed by atoms with Crippen molar-refractivity contribution in [3.05, 3.63) is 0 Å². The predicted molar refractivity (Wildman–Crippen MR) is 212 cm³/mol. The molecule has 5 amide bonds. The largest absolute Gasteiger partial charge is 0.481 e. The van der Waals surface area contributed by atoms with E-state index in [9.17, 15) is 29.1 Å². The molecule has 16 heteroatoms. The topological polar surface area (TPSA) is 236 Å². The summed E-state index contributed by atoms with van der Waals surface area (Å²) in [6, 6.07) is -4.49. The fraction of sp³-hybridized carbons (Fsp3) is 0.872. The molecule has 10 N–H and O–H groups in total. The van der Waals surface area contributed by atoms with E-state index in [0.717, 1.165) is 32.1 Å². The Morgan fingerprint density at radius 3 is 2.00 bits per heavy atom. The number of nitrogens with one attached hydrogen (secondary N) is 5. The smallest absolute Gasteiger partial charge is 0.404 e. The standard InChI is InChI=1S/C39H72BN7O8/c1-8-9-10-11-12-13-14-18-32(49)45-29(19-21-42)36(52)47-33(25(3)48)37(53)43-24(2)34(50)46-28(17-15-16-20-41)35(51)44-26(4)40-54-31-23-27-22-30(38(27,5)6)39(31,7)55-40/h24-31,33,48H,8-23,41-42H2,1-7H3,(H,43,53)(H,44,51)(H,45,49)(H,46,50)(H,47,52)/t24-,25+,26-,27-,28-,29-,30-,31+,33-,39-/m0/s1. The third kappa shape index (κ3) is 12.6. The van der Waals surface area contributed by atoms with Gasteiger partial charge < -0.3 is 52.5 Å². The second kappa shape index (κ2) is 21.7. The van der Waals surface area contributed by atoms with Gasteiger partial charge in [0.1, 0.15) is 24.2 Å². The molecule has 0 unspecified atom stereocenters. The molecule has 3 aliphatic carbocycles. The molecule has 4 rings (SSSR count). The molecule has 314 valence electrons. The van der Waals surface area contributed by atoms with Crippen LogP contribution < -0.4 is 38.1 Å². The SMILES string of the molecule is CCCCCCCCCC(=O)N[C@@H](CCN)C(=O)N[C@H](C(=O)N[C@@H](C)C(=O)N[C@@H](CCCCN)C(=O)N[C@@H](C)B1O[C@@H]2C[C@@H]3C[C@@H](C3(C)C)[C@]2(C)O1)[C@@H](C)O. The van der Waals surface area contributed by atoms with Crippen molar-refractivity contribution in [2.24, 2.45) is 28.7 Å². The summed E-state index contributed by atoms with van der Waals surface area (Å²) in [5.41, 5.74) is 11.2. The second-order valence-corrected chi connectivity index (χ2v) is 17.0. The fourth-order valence-corrected chi connectivity index (χ4v) is 8.54. The lowest BCUT2D eigenvalue weighted by Crippen LogP contribution is -2.65. The lowest BCUT2D eigenvalue weighted by atomic mass is 9.43. The number of aliphatic hydroxyl groups is 1. The third-order valence-electron chi connectivity index (χ3n) is 12.3. The lowest BCUT2D eigenvalue weighted by molar-refractivity contribution is -0.199. The minimum Gasteiger partial charge on any atom is -0.404 e. The number of amides is 5. The Morgan fingerprint density at radius 1 is 0.745 bits per heavy atom. The molecule has 3 saturated carbocycles. The van der Waals surface area contributed by atoms with Crippen LogP contribution in [0.1, 0.15) is 138 Å². The molecule has 2 bridgehead atoms. The summed E-state index contributed by atoms with van der Waals surface area (Å²) in [5, 5.41) is 24.0. The maximum Gasteiger partial charge on any atom is 0.481 e. The highest BCUT2D eigenvalue weighted by Gasteiger charge is 2.68. The van der Waals surface area contributed by atoms with E-state index in [1.165, 1.54) is 33.1 Å². The van der Waals surface area contributed by atoms with E-state index >= 15 is 0 Å². The zero-order valence-corrected chi connectivity index (χ0v) is 34.5. The Morgan fingerprint density at radius 2 is 1.38 bits per heavy atom. The van der Waals surface area contributed by atoms with Gasteiger partial charge in [0, 0.05) is 6.42 Å². The zero-order valence-electron chi connectivity index (χ0n) is 34.5. The summed E-state index contributed by atoms with van der Waals surface area (Å²) in [5.74, 6) is -2.35. The summed E-state index contributed by atoms with van der Waals surface area (Å²) < 4.78 is 12.9. The van der Waals surface area contributed by atoms with Crippen molar-refractivity contribution < 1.29 is 38.4 Å². The lowest BCUT2D eigenvalue weighted by Gasteiger charge is -2.64. The Balaban J connectivity index is 1.54. The van der Waals surface area contributed by atoms with E-state index < -0.39 is 72.6 Å². The Bertz CT molecular complexity index is 1290. The van der Waals surface area contributed by atoms with Crippen LogP contribution in [0.5, 0.6) is 0 Å². The van der Waals surface area contributed by atoms with Gasteiger partial charge in [0.15, 0.2) is 0 Å². The first kappa shape index (κ1) is 46.6. The molecule has 0 radical (unpaired) electrons. The molecule has 10 atom stereocenters. The number of unbranched alkanes of at least 4 members (excludes halogenated alkanes) is 7. The van der Waals surface area contributed by atoms with E-state index in [-0.39, 0.29) is 36.8 Å². The second-order valence-electron chi connectivity index (χ2n) is 17.0. The van der Waals surface area contributed by atoms with Crippen molar-refractivity contribution in [1.82, 2.24) is 26.6 Å². The highest BCUT2D eigenvalue weighted by molar-refractivity contribution is 6.47. The van der Waals surface area contributed by atoms with Crippen molar-refractivity contribution in [3.63, 3.8) is 0 Å². The van der Waals surface area contributed by atoms with Gasteiger partial charge in [-0.05, 0) is 103 Å². The van der Waals surface area contributed by atoms with Crippen LogP contribution in [0.15, 0.2) is 0 Å². The average molecular weight is 778 g/mol. The number of carbonyl (C=O) groups excluding carboxylic acids is 5. The minimum atomic E-state index is -1.43. The molecule has 4 aliphatic rings. The molecule has 0 aromatic carbocycles. The summed E-state index contributed by atoms with van der Waals surface area (Å²) in [4.78, 5) is 66.2. The van der Waals surface area contributed by atoms with Crippen LogP contribution in [-0.4, -0.2) is 103 Å². The molecule has 4 fully saturated rings. The van der Waals surface area contributed by atoms with Gasteiger partial charge in [-0.3, -0.25) is 24.0 Å². The minimum absolute atomic E-state index is 0.0431. The molecule has 0 spiro atoms. The van der Waals surface area contributed by atoms with E-state index in [1.54, 1.807) is 0 Å². The van der Waals surface area contributed by atoms with Crippen molar-refractivity contribution in [2.75, 3.05) is 13.1 Å². The molecule has 1 saturated heterocycles. The average Bonchev–Trinajstić information content (AvgIpc) is 3.50. The van der Waals surface area contributed by atoms with Gasteiger partial charge >= 0.3 is 7.12 Å². The highest BCUT2D eigenvalue weighted by Crippen LogP contribution is 2.65. The Kier molecular flexibility index (Phi) is 18.4. The maximum atomic E-state index is 13.6. The van der Waals surface area contributed by atoms with Gasteiger partial charge in [0.2, 0.25) is 29.5 Å². The first-order valence-electron chi connectivity index (χ1n) is 20.9. The van der Waals surface area contributed by atoms with Gasteiger partial charge in [0.05, 0.1) is 23.8 Å². The number of hydrogen-bond donors (Lipinski definition) is 8. The molecule has 0 aromatic rings. The van der Waals surface area contributed by atoms with Crippen molar-refractivity contribution >= 4 is 36.7 Å². The third-order valence-corrected chi connectivity index (χ3v) is 12.3. The number of hydrogen-bond acceptors (Lipinski definition) is 10. The van der Waals surface area contributed by atoms with Crippen LogP contribution in [0.25, 0.3) is 0 Å². The van der Waals surface area contributed by atoms with Gasteiger partial charge in [-0.2, -0.15) is 0 Å². The molecule has 1 aliphatic heterocycles. The van der Waals surface area contributed by atoms with Gasteiger partial charge in [-0.15, -0.1) is 0 Å². The first-order chi connectivity index (χ1) is 26.0. The van der Waals surface area contributed by atoms with E-state index in [0.29, 0.717) is 44.1 Å². The summed E-state index contributed by atoms with van der Waals surface area (Å²) in [7, 11) is -0.636. The molecule has 15 nitrogen and oxygen atoms in total. The van der Waals surface area contributed by atoms with Gasteiger partial charge in [-0.25, -0.2) is 0 Å². The van der Waals surface area contributed by atoms with E-state index in [1.807, 2.05) is 6.92 Å². The van der Waals surface area contributed by atoms with Crippen LogP contribution in [0.3, 0.4) is 0 Å². The Hall–Kier alpha value is -2.79. The summed E-state index contributed by atoms with van der Waals surface area (Å²) in [6.45, 7) is 14.0. The van der Waals surface area contributed by atoms with Crippen molar-refractivity contribution in [2.45, 2.75) is 186 Å². The van der Waals surface area contributed by atoms with Crippen LogP contribution in [0.4, 0.5) is 0 Å². The first-order valence-corrected chi connectivity index (χ1v) is 20.9. The monoisotopic (exact) mass is 778 g/mol. The van der Waals surface area contributed by atoms with Gasteiger partial charge in [0.25, 0.3) is 0 Å². The molecule has 0 aromatic heterocycles. The maximum absolute atomic E-state index is 13.6. The van der Waals surface area contributed by atoms with Crippen LogP contribution >= 0.6 is 0 Å². The van der Waals surface area contributed by atoms with Crippen LogP contribution in [0, 0.1) is 17.3 Å². The highest BCUT2D eigenvalue weighted by atomic mass is 16.7. The fourth-order valence-electron chi connectivity index (χ4n) is 8.54.